The number of hydrogen-bond donors (Lipinski definition) is 1. The zero-order valence-electron chi connectivity index (χ0n) is 12.0. The second-order valence-electron chi connectivity index (χ2n) is 5.98. The van der Waals surface area contributed by atoms with Crippen molar-refractivity contribution in [2.24, 2.45) is 5.41 Å². The number of hydrogen-bond acceptors (Lipinski definition) is 3. The molecule has 0 radical (unpaired) electrons. The smallest absolute Gasteiger partial charge is 0.313 e. The molecule has 0 aliphatic rings. The largest absolute Gasteiger partial charge is 0.481 e. The van der Waals surface area contributed by atoms with Crippen LogP contribution in [-0.4, -0.2) is 26.4 Å². The first kappa shape index (κ1) is 16.3. The number of rotatable bonds is 4. The van der Waals surface area contributed by atoms with E-state index in [-0.39, 0.29) is 17.0 Å². The third-order valence-corrected chi connectivity index (χ3v) is 4.28. The molecule has 2 aromatic rings. The minimum absolute atomic E-state index is 0.00692. The van der Waals surface area contributed by atoms with Gasteiger partial charge in [0.05, 0.1) is 21.3 Å². The van der Waals surface area contributed by atoms with Crippen LogP contribution in [0.15, 0.2) is 21.8 Å². The molecule has 0 atom stereocenters. The predicted molar refractivity (Wildman–Crippen MR) is 85.2 cm³/mol. The van der Waals surface area contributed by atoms with Crippen molar-refractivity contribution in [3.05, 3.63) is 22.4 Å². The van der Waals surface area contributed by atoms with Crippen LogP contribution in [0.1, 0.15) is 20.8 Å². The molecule has 7 heteroatoms. The molecule has 21 heavy (non-hydrogen) atoms. The van der Waals surface area contributed by atoms with Gasteiger partial charge in [0.25, 0.3) is 0 Å². The van der Waals surface area contributed by atoms with Gasteiger partial charge in [0.1, 0.15) is 5.82 Å². The summed E-state index contributed by atoms with van der Waals surface area (Å²) in [6.07, 6.45) is 0. The van der Waals surface area contributed by atoms with Crippen LogP contribution in [-0.2, 0) is 11.3 Å². The highest BCUT2D eigenvalue weighted by atomic mass is 79.9. The van der Waals surface area contributed by atoms with Crippen molar-refractivity contribution in [2.75, 3.05) is 5.75 Å². The number of carboxylic acid groups (broad SMARTS) is 1. The molecule has 1 aromatic heterocycles. The molecule has 0 saturated carbocycles. The standard InChI is InChI=1S/C14H16BrFN2O2S/c1-14(2,3)7-18-11-4-8(15)9(16)5-10(11)17-13(18)21-6-12(19)20/h4-5H,6-7H2,1-3H3,(H,19,20). The summed E-state index contributed by atoms with van der Waals surface area (Å²) < 4.78 is 16.0. The molecule has 0 saturated heterocycles. The summed E-state index contributed by atoms with van der Waals surface area (Å²) in [5.74, 6) is -1.35. The van der Waals surface area contributed by atoms with Crippen LogP contribution in [0.25, 0.3) is 11.0 Å². The van der Waals surface area contributed by atoms with Crippen LogP contribution in [0.3, 0.4) is 0 Å². The summed E-state index contributed by atoms with van der Waals surface area (Å²) in [6.45, 7) is 6.93. The Hall–Kier alpha value is -1.08. The maximum Gasteiger partial charge on any atom is 0.313 e. The van der Waals surface area contributed by atoms with Gasteiger partial charge < -0.3 is 9.67 Å². The molecule has 0 amide bonds. The van der Waals surface area contributed by atoms with Gasteiger partial charge in [-0.2, -0.15) is 0 Å². The van der Waals surface area contributed by atoms with E-state index in [1.807, 2.05) is 4.57 Å². The Balaban J connectivity index is 2.54. The predicted octanol–water partition coefficient (Wildman–Crippen LogP) is 4.16. The number of carboxylic acids is 1. The van der Waals surface area contributed by atoms with Crippen molar-refractivity contribution in [1.82, 2.24) is 9.55 Å². The maximum atomic E-state index is 13.6. The lowest BCUT2D eigenvalue weighted by Gasteiger charge is -2.21. The fourth-order valence-electron chi connectivity index (χ4n) is 1.96. The van der Waals surface area contributed by atoms with Gasteiger partial charge in [0, 0.05) is 12.6 Å². The van der Waals surface area contributed by atoms with Crippen molar-refractivity contribution in [2.45, 2.75) is 32.5 Å². The van der Waals surface area contributed by atoms with Crippen molar-refractivity contribution in [3.63, 3.8) is 0 Å². The molecule has 0 aliphatic heterocycles. The van der Waals surface area contributed by atoms with E-state index in [0.29, 0.717) is 21.7 Å². The number of thioether (sulfide) groups is 1. The van der Waals surface area contributed by atoms with Gasteiger partial charge in [-0.3, -0.25) is 4.79 Å². The van der Waals surface area contributed by atoms with E-state index >= 15 is 0 Å². The minimum atomic E-state index is -0.901. The summed E-state index contributed by atoms with van der Waals surface area (Å²) in [5.41, 5.74) is 1.33. The monoisotopic (exact) mass is 374 g/mol. The van der Waals surface area contributed by atoms with E-state index in [1.165, 1.54) is 6.07 Å². The van der Waals surface area contributed by atoms with Crippen LogP contribution < -0.4 is 0 Å². The molecule has 2 rings (SSSR count). The van der Waals surface area contributed by atoms with E-state index in [1.54, 1.807) is 6.07 Å². The van der Waals surface area contributed by atoms with Gasteiger partial charge >= 0.3 is 5.97 Å². The summed E-state index contributed by atoms with van der Waals surface area (Å²) in [6, 6.07) is 3.05. The summed E-state index contributed by atoms with van der Waals surface area (Å²) >= 11 is 4.33. The van der Waals surface area contributed by atoms with Gasteiger partial charge in [-0.15, -0.1) is 0 Å². The van der Waals surface area contributed by atoms with Gasteiger partial charge in [0.2, 0.25) is 0 Å². The lowest BCUT2D eigenvalue weighted by molar-refractivity contribution is -0.133. The van der Waals surface area contributed by atoms with Gasteiger partial charge in [0.15, 0.2) is 5.16 Å². The fourth-order valence-corrected chi connectivity index (χ4v) is 3.03. The molecule has 0 aliphatic carbocycles. The van der Waals surface area contributed by atoms with E-state index in [9.17, 15) is 9.18 Å². The molecular formula is C14H16BrFN2O2S. The number of aromatic nitrogens is 2. The molecule has 0 fully saturated rings. The summed E-state index contributed by atoms with van der Waals surface area (Å²) in [4.78, 5) is 15.1. The Kier molecular flexibility index (Phi) is 4.63. The number of aliphatic carboxylic acids is 1. The Labute approximate surface area is 134 Å². The molecule has 0 unspecified atom stereocenters. The van der Waals surface area contributed by atoms with E-state index in [4.69, 9.17) is 5.11 Å². The van der Waals surface area contributed by atoms with Crippen LogP contribution in [0.5, 0.6) is 0 Å². The number of fused-ring (bicyclic) bond motifs is 1. The van der Waals surface area contributed by atoms with Gasteiger partial charge in [-0.25, -0.2) is 9.37 Å². The van der Waals surface area contributed by atoms with Crippen molar-refractivity contribution < 1.29 is 14.3 Å². The number of carbonyl (C=O) groups is 1. The Morgan fingerprint density at radius 1 is 1.48 bits per heavy atom. The molecule has 0 spiro atoms. The van der Waals surface area contributed by atoms with Gasteiger partial charge in [-0.05, 0) is 27.4 Å². The van der Waals surface area contributed by atoms with E-state index in [0.717, 1.165) is 17.3 Å². The normalized spacial score (nSPS) is 12.0. The van der Waals surface area contributed by atoms with E-state index < -0.39 is 5.97 Å². The third kappa shape index (κ3) is 3.97. The molecule has 1 N–H and O–H groups in total. The van der Waals surface area contributed by atoms with Crippen LogP contribution in [0.2, 0.25) is 0 Å². The second kappa shape index (κ2) is 5.96. The third-order valence-electron chi connectivity index (χ3n) is 2.71. The highest BCUT2D eigenvalue weighted by Gasteiger charge is 2.19. The topological polar surface area (TPSA) is 55.1 Å². The highest BCUT2D eigenvalue weighted by Crippen LogP contribution is 2.31. The first-order valence-electron chi connectivity index (χ1n) is 6.37. The maximum absolute atomic E-state index is 13.6. The zero-order chi connectivity index (χ0) is 15.8. The minimum Gasteiger partial charge on any atom is -0.481 e. The lowest BCUT2D eigenvalue weighted by atomic mass is 9.97. The zero-order valence-corrected chi connectivity index (χ0v) is 14.4. The van der Waals surface area contributed by atoms with E-state index in [2.05, 4.69) is 41.7 Å². The molecule has 0 bridgehead atoms. The SMILES string of the molecule is CC(C)(C)Cn1c(SCC(=O)O)nc2cc(F)c(Br)cc21. The second-order valence-corrected chi connectivity index (χ2v) is 7.78. The highest BCUT2D eigenvalue weighted by molar-refractivity contribution is 9.10. The summed E-state index contributed by atoms with van der Waals surface area (Å²) in [7, 11) is 0. The average molecular weight is 375 g/mol. The van der Waals surface area contributed by atoms with Crippen LogP contribution >= 0.6 is 27.7 Å². The number of halogens is 2. The molecular weight excluding hydrogens is 359 g/mol. The number of benzene rings is 1. The molecule has 114 valence electrons. The molecule has 1 aromatic carbocycles. The number of imidazole rings is 1. The number of nitrogens with zero attached hydrogens (tertiary/aromatic N) is 2. The van der Waals surface area contributed by atoms with Crippen molar-refractivity contribution in [3.8, 4) is 0 Å². The Bertz CT molecular complexity index is 694. The van der Waals surface area contributed by atoms with Crippen molar-refractivity contribution in [1.29, 1.82) is 0 Å². The Morgan fingerprint density at radius 3 is 2.71 bits per heavy atom. The molecule has 1 heterocycles. The molecule has 4 nitrogen and oxygen atoms in total. The quantitative estimate of drug-likeness (QED) is 0.816. The fraction of sp³-hybridized carbons (Fsp3) is 0.429. The first-order valence-corrected chi connectivity index (χ1v) is 8.15. The summed E-state index contributed by atoms with van der Waals surface area (Å²) in [5, 5.41) is 9.43. The average Bonchev–Trinajstić information content (AvgIpc) is 2.63. The van der Waals surface area contributed by atoms with Crippen molar-refractivity contribution >= 4 is 44.7 Å². The Morgan fingerprint density at radius 2 is 2.14 bits per heavy atom. The lowest BCUT2D eigenvalue weighted by Crippen LogP contribution is -2.16. The van der Waals surface area contributed by atoms with Gasteiger partial charge in [-0.1, -0.05) is 32.5 Å². The van der Waals surface area contributed by atoms with Crippen LogP contribution in [0.4, 0.5) is 4.39 Å². The first-order chi connectivity index (χ1) is 9.67. The van der Waals surface area contributed by atoms with Crippen LogP contribution in [0, 0.1) is 11.2 Å².